The van der Waals surface area contributed by atoms with E-state index in [1.807, 2.05) is 0 Å². The molecule has 0 heterocycles. The first kappa shape index (κ1) is 15.0. The molecule has 0 aliphatic heterocycles. The molecule has 0 aliphatic rings. The number of anilines is 2. The molecule has 2 rings (SSSR count). The maximum Gasteiger partial charge on any atom is 0.262 e. The van der Waals surface area contributed by atoms with Gasteiger partial charge in [-0.2, -0.15) is 0 Å². The molecule has 5 nitrogen and oxygen atoms in total. The Balaban J connectivity index is 1.95. The number of amides is 1. The maximum atomic E-state index is 11.9. The van der Waals surface area contributed by atoms with Crippen molar-refractivity contribution in [3.05, 3.63) is 47.5 Å². The SMILES string of the molecule is COc1ccc(Cl)cc1NC(=O)COc1ccc(N)cc1. The molecule has 3 N–H and O–H groups in total. The molecular weight excluding hydrogens is 292 g/mol. The molecule has 6 heteroatoms. The van der Waals surface area contributed by atoms with Crippen LogP contribution in [0.1, 0.15) is 0 Å². The van der Waals surface area contributed by atoms with Crippen LogP contribution in [-0.2, 0) is 4.79 Å². The molecule has 0 aliphatic carbocycles. The first-order chi connectivity index (χ1) is 10.1. The first-order valence-corrected chi connectivity index (χ1v) is 6.58. The van der Waals surface area contributed by atoms with Crippen LogP contribution in [0, 0.1) is 0 Å². The van der Waals surface area contributed by atoms with E-state index in [-0.39, 0.29) is 12.5 Å². The summed E-state index contributed by atoms with van der Waals surface area (Å²) in [6.45, 7) is -0.125. The van der Waals surface area contributed by atoms with Crippen molar-refractivity contribution in [1.82, 2.24) is 0 Å². The normalized spacial score (nSPS) is 10.0. The number of benzene rings is 2. The Labute approximate surface area is 127 Å². The Hall–Kier alpha value is -2.40. The predicted octanol–water partition coefficient (Wildman–Crippen LogP) is 2.95. The number of rotatable bonds is 5. The number of nitrogens with one attached hydrogen (secondary N) is 1. The second-order valence-corrected chi connectivity index (χ2v) is 4.69. The summed E-state index contributed by atoms with van der Waals surface area (Å²) in [6, 6.07) is 11.8. The molecule has 1 amide bonds. The van der Waals surface area contributed by atoms with Crippen molar-refractivity contribution in [1.29, 1.82) is 0 Å². The molecule has 2 aromatic rings. The molecule has 0 atom stereocenters. The third kappa shape index (κ3) is 4.29. The lowest BCUT2D eigenvalue weighted by Gasteiger charge is -2.11. The zero-order valence-corrected chi connectivity index (χ0v) is 12.2. The smallest absolute Gasteiger partial charge is 0.262 e. The molecule has 110 valence electrons. The molecule has 0 aromatic heterocycles. The first-order valence-electron chi connectivity index (χ1n) is 6.20. The number of carbonyl (C=O) groups excluding carboxylic acids is 1. The van der Waals surface area contributed by atoms with Gasteiger partial charge in [-0.15, -0.1) is 0 Å². The molecule has 0 spiro atoms. The van der Waals surface area contributed by atoms with Crippen LogP contribution in [0.15, 0.2) is 42.5 Å². The molecule has 0 radical (unpaired) electrons. The van der Waals surface area contributed by atoms with Gasteiger partial charge in [-0.1, -0.05) is 11.6 Å². The van der Waals surface area contributed by atoms with Crippen molar-refractivity contribution in [2.24, 2.45) is 0 Å². The average molecular weight is 307 g/mol. The minimum absolute atomic E-state index is 0.125. The van der Waals surface area contributed by atoms with Crippen molar-refractivity contribution in [2.75, 3.05) is 24.8 Å². The zero-order chi connectivity index (χ0) is 15.2. The average Bonchev–Trinajstić information content (AvgIpc) is 2.47. The van der Waals surface area contributed by atoms with Gasteiger partial charge in [0.2, 0.25) is 0 Å². The highest BCUT2D eigenvalue weighted by molar-refractivity contribution is 6.31. The van der Waals surface area contributed by atoms with E-state index >= 15 is 0 Å². The number of nitrogen functional groups attached to an aromatic ring is 1. The number of hydrogen-bond donors (Lipinski definition) is 2. The molecule has 0 saturated carbocycles. The van der Waals surface area contributed by atoms with Crippen molar-refractivity contribution >= 4 is 28.9 Å². The van der Waals surface area contributed by atoms with E-state index in [9.17, 15) is 4.79 Å². The second kappa shape index (κ2) is 6.85. The van der Waals surface area contributed by atoms with E-state index in [1.54, 1.807) is 42.5 Å². The second-order valence-electron chi connectivity index (χ2n) is 4.25. The van der Waals surface area contributed by atoms with Crippen LogP contribution in [0.2, 0.25) is 5.02 Å². The zero-order valence-electron chi connectivity index (χ0n) is 11.4. The highest BCUT2D eigenvalue weighted by Gasteiger charge is 2.09. The molecule has 2 aromatic carbocycles. The van der Waals surface area contributed by atoms with Gasteiger partial charge in [-0.05, 0) is 42.5 Å². The summed E-state index contributed by atoms with van der Waals surface area (Å²) < 4.78 is 10.5. The highest BCUT2D eigenvalue weighted by atomic mass is 35.5. The molecule has 0 fully saturated rings. The fourth-order valence-electron chi connectivity index (χ4n) is 1.68. The van der Waals surface area contributed by atoms with E-state index < -0.39 is 0 Å². The number of halogens is 1. The summed E-state index contributed by atoms with van der Waals surface area (Å²) >= 11 is 5.90. The van der Waals surface area contributed by atoms with Crippen LogP contribution in [0.3, 0.4) is 0 Å². The number of hydrogen-bond acceptors (Lipinski definition) is 4. The summed E-state index contributed by atoms with van der Waals surface area (Å²) in [7, 11) is 1.52. The topological polar surface area (TPSA) is 73.6 Å². The van der Waals surface area contributed by atoms with E-state index in [4.69, 9.17) is 26.8 Å². The fourth-order valence-corrected chi connectivity index (χ4v) is 1.85. The van der Waals surface area contributed by atoms with Gasteiger partial charge in [0, 0.05) is 10.7 Å². The molecule has 0 unspecified atom stereocenters. The van der Waals surface area contributed by atoms with Gasteiger partial charge < -0.3 is 20.5 Å². The Bertz CT molecular complexity index is 629. The summed E-state index contributed by atoms with van der Waals surface area (Å²) in [5, 5.41) is 3.19. The van der Waals surface area contributed by atoms with Crippen LogP contribution in [-0.4, -0.2) is 19.6 Å². The van der Waals surface area contributed by atoms with E-state index in [2.05, 4.69) is 5.32 Å². The van der Waals surface area contributed by atoms with Gasteiger partial charge in [-0.25, -0.2) is 0 Å². The third-order valence-electron chi connectivity index (χ3n) is 2.69. The minimum atomic E-state index is -0.313. The number of nitrogens with two attached hydrogens (primary N) is 1. The van der Waals surface area contributed by atoms with Crippen molar-refractivity contribution < 1.29 is 14.3 Å². The number of methoxy groups -OCH3 is 1. The van der Waals surface area contributed by atoms with Gasteiger partial charge in [-0.3, -0.25) is 4.79 Å². The molecule has 21 heavy (non-hydrogen) atoms. The van der Waals surface area contributed by atoms with Gasteiger partial charge in [0.1, 0.15) is 11.5 Å². The van der Waals surface area contributed by atoms with Gasteiger partial charge in [0.15, 0.2) is 6.61 Å². The molecule has 0 bridgehead atoms. The van der Waals surface area contributed by atoms with Gasteiger partial charge in [0.25, 0.3) is 5.91 Å². The van der Waals surface area contributed by atoms with Crippen LogP contribution in [0.4, 0.5) is 11.4 Å². The van der Waals surface area contributed by atoms with Crippen LogP contribution in [0.25, 0.3) is 0 Å². The summed E-state index contributed by atoms with van der Waals surface area (Å²) in [6.07, 6.45) is 0. The van der Waals surface area contributed by atoms with Gasteiger partial charge in [0.05, 0.1) is 12.8 Å². The van der Waals surface area contributed by atoms with Crippen LogP contribution >= 0.6 is 11.6 Å². The van der Waals surface area contributed by atoms with Crippen LogP contribution < -0.4 is 20.5 Å². The monoisotopic (exact) mass is 306 g/mol. The van der Waals surface area contributed by atoms with E-state index in [0.29, 0.717) is 27.9 Å². The Morgan fingerprint density at radius 3 is 2.62 bits per heavy atom. The lowest BCUT2D eigenvalue weighted by atomic mass is 10.3. The lowest BCUT2D eigenvalue weighted by molar-refractivity contribution is -0.118. The number of carbonyl (C=O) groups is 1. The third-order valence-corrected chi connectivity index (χ3v) is 2.92. The number of ether oxygens (including phenoxy) is 2. The summed E-state index contributed by atoms with van der Waals surface area (Å²) in [5.41, 5.74) is 6.70. The Morgan fingerprint density at radius 1 is 1.24 bits per heavy atom. The van der Waals surface area contributed by atoms with E-state index in [0.717, 1.165) is 0 Å². The summed E-state index contributed by atoms with van der Waals surface area (Å²) in [5.74, 6) is 0.782. The standard InChI is InChI=1S/C15H15ClN2O3/c1-20-14-7-2-10(16)8-13(14)18-15(19)9-21-12-5-3-11(17)4-6-12/h2-8H,9,17H2,1H3,(H,18,19). The molecular formula is C15H15ClN2O3. The minimum Gasteiger partial charge on any atom is -0.495 e. The van der Waals surface area contributed by atoms with Crippen molar-refractivity contribution in [2.45, 2.75) is 0 Å². The molecule has 0 saturated heterocycles. The predicted molar refractivity (Wildman–Crippen MR) is 83.0 cm³/mol. The fraction of sp³-hybridized carbons (Fsp3) is 0.133. The summed E-state index contributed by atoms with van der Waals surface area (Å²) in [4.78, 5) is 11.9. The largest absolute Gasteiger partial charge is 0.495 e. The van der Waals surface area contributed by atoms with E-state index in [1.165, 1.54) is 7.11 Å². The van der Waals surface area contributed by atoms with Crippen molar-refractivity contribution in [3.63, 3.8) is 0 Å². The lowest BCUT2D eigenvalue weighted by Crippen LogP contribution is -2.20. The Morgan fingerprint density at radius 2 is 1.95 bits per heavy atom. The quantitative estimate of drug-likeness (QED) is 0.833. The highest BCUT2D eigenvalue weighted by Crippen LogP contribution is 2.27. The van der Waals surface area contributed by atoms with Crippen LogP contribution in [0.5, 0.6) is 11.5 Å². The van der Waals surface area contributed by atoms with Gasteiger partial charge >= 0.3 is 0 Å². The maximum absolute atomic E-state index is 11.9. The van der Waals surface area contributed by atoms with Crippen molar-refractivity contribution in [3.8, 4) is 11.5 Å². The Kier molecular flexibility index (Phi) is 4.90.